The van der Waals surface area contributed by atoms with E-state index in [1.165, 1.54) is 32.2 Å². The van der Waals surface area contributed by atoms with Crippen LogP contribution in [0.5, 0.6) is 5.75 Å². The van der Waals surface area contributed by atoms with Crippen molar-refractivity contribution in [3.05, 3.63) is 70.7 Å². The Kier molecular flexibility index (Phi) is 25.2. The fourth-order valence-electron chi connectivity index (χ4n) is 8.56. The van der Waals surface area contributed by atoms with Gasteiger partial charge in [-0.25, -0.2) is 9.00 Å². The number of aldehydes is 1. The van der Waals surface area contributed by atoms with Crippen LogP contribution in [-0.4, -0.2) is 105 Å². The van der Waals surface area contributed by atoms with E-state index >= 15 is 0 Å². The van der Waals surface area contributed by atoms with E-state index in [9.17, 15) is 33.3 Å². The normalized spacial score (nSPS) is 24.2. The molecule has 5 aliphatic rings. The van der Waals surface area contributed by atoms with E-state index in [-0.39, 0.29) is 61.4 Å². The molecule has 1 aromatic heterocycles. The Bertz CT molecular complexity index is 1990. The number of ether oxygens (including phenoxy) is 2. The summed E-state index contributed by atoms with van der Waals surface area (Å²) >= 11 is 0. The Labute approximate surface area is 425 Å². The zero-order valence-corrected chi connectivity index (χ0v) is 44.2. The van der Waals surface area contributed by atoms with Gasteiger partial charge in [0.1, 0.15) is 34.2 Å². The molecule has 7 atom stereocenters. The minimum absolute atomic E-state index is 0. The summed E-state index contributed by atoms with van der Waals surface area (Å²) in [5, 5.41) is 16.2. The van der Waals surface area contributed by atoms with E-state index in [1.54, 1.807) is 6.08 Å². The number of hydrogen-bond acceptors (Lipinski definition) is 10. The molecule has 17 heteroatoms. The number of aromatic nitrogens is 1. The summed E-state index contributed by atoms with van der Waals surface area (Å²) in [6.07, 6.45) is 22.1. The number of hydrogen-bond donors (Lipinski definition) is 5. The number of alkyl carbamates (subject to hydrolysis) is 1. The van der Waals surface area contributed by atoms with Crippen LogP contribution in [0.4, 0.5) is 4.79 Å². The van der Waals surface area contributed by atoms with Crippen LogP contribution in [0.1, 0.15) is 130 Å². The van der Waals surface area contributed by atoms with Gasteiger partial charge in [-0.15, -0.1) is 6.58 Å². The summed E-state index contributed by atoms with van der Waals surface area (Å²) in [4.78, 5) is 62.4. The van der Waals surface area contributed by atoms with Crippen molar-refractivity contribution in [1.29, 1.82) is 0 Å². The molecule has 0 bridgehead atoms. The van der Waals surface area contributed by atoms with Crippen molar-refractivity contribution in [2.45, 2.75) is 165 Å². The smallest absolute Gasteiger partial charge is 0.407 e. The molecule has 3 unspecified atom stereocenters. The molecule has 3 amide bonds. The van der Waals surface area contributed by atoms with Crippen molar-refractivity contribution in [3.63, 3.8) is 0 Å². The number of aromatic amines is 1. The molecular formula is C50H77N6O9SY-. The molecule has 5 fully saturated rings. The molecule has 1 aliphatic heterocycles. The van der Waals surface area contributed by atoms with Gasteiger partial charge in [0, 0.05) is 56.6 Å². The number of nitrogens with zero attached hydrogens (tertiary/aromatic N) is 1. The number of amides is 3. The van der Waals surface area contributed by atoms with Crippen molar-refractivity contribution in [3.8, 4) is 5.75 Å². The number of H-pyrrole nitrogens is 1. The summed E-state index contributed by atoms with van der Waals surface area (Å²) in [5.74, 6) is 0.931. The zero-order valence-electron chi connectivity index (χ0n) is 40.5. The molecule has 2 heterocycles. The Morgan fingerprint density at radius 1 is 1.06 bits per heavy atom. The van der Waals surface area contributed by atoms with Crippen molar-refractivity contribution >= 4 is 46.6 Å². The second-order valence-corrected chi connectivity index (χ2v) is 20.8. The van der Waals surface area contributed by atoms with Crippen molar-refractivity contribution in [2.24, 2.45) is 17.8 Å². The van der Waals surface area contributed by atoms with Gasteiger partial charge in [-0.2, -0.15) is 0 Å². The number of pyridine rings is 1. The first-order valence-electron chi connectivity index (χ1n) is 24.0. The SMILES string of the molecule is C=C[C@@H]1C[C@]1(NC=O)C(=O)NS(=O)C1CC1.CC(C)(C)OC(=O)NCCCOc1c(C/C=C/CCC2CCC[C@H]2O)c(=O)[nH]c2ccccc12.CC1CCCN1C.[NH-][C@H](C=O)C1CCCC1.[Y]. The van der Waals surface area contributed by atoms with E-state index in [4.69, 9.17) is 15.2 Å². The molecule has 7 rings (SSSR count). The molecule has 4 saturated carbocycles. The number of fused-ring (bicyclic) bond motifs is 1. The molecule has 4 aliphatic carbocycles. The van der Waals surface area contributed by atoms with Crippen molar-refractivity contribution in [2.75, 3.05) is 26.7 Å². The van der Waals surface area contributed by atoms with Crippen molar-refractivity contribution < 1.29 is 70.7 Å². The Morgan fingerprint density at radius 2 is 1.78 bits per heavy atom. The van der Waals surface area contributed by atoms with E-state index in [1.807, 2.05) is 51.1 Å². The summed E-state index contributed by atoms with van der Waals surface area (Å²) in [5.41, 5.74) is 6.97. The Hall–Kier alpha value is -3.28. The molecule has 1 aromatic carbocycles. The van der Waals surface area contributed by atoms with Gasteiger partial charge in [-0.1, -0.05) is 74.4 Å². The van der Waals surface area contributed by atoms with E-state index in [0.717, 1.165) is 81.0 Å². The van der Waals surface area contributed by atoms with Crippen LogP contribution in [0.25, 0.3) is 16.6 Å². The largest absolute Gasteiger partial charge is 0.668 e. The predicted molar refractivity (Wildman–Crippen MR) is 261 cm³/mol. The van der Waals surface area contributed by atoms with Gasteiger partial charge >= 0.3 is 6.09 Å². The quantitative estimate of drug-likeness (QED) is 0.0567. The van der Waals surface area contributed by atoms with Crippen molar-refractivity contribution in [1.82, 2.24) is 25.2 Å². The minimum atomic E-state index is -1.31. The van der Waals surface area contributed by atoms with Crippen LogP contribution in [0, 0.1) is 17.8 Å². The van der Waals surface area contributed by atoms with Crippen LogP contribution in [0.2, 0.25) is 0 Å². The van der Waals surface area contributed by atoms with E-state index < -0.39 is 34.3 Å². The molecule has 67 heavy (non-hydrogen) atoms. The third-order valence-electron chi connectivity index (χ3n) is 13.0. The summed E-state index contributed by atoms with van der Waals surface area (Å²) in [7, 11) is 0.885. The third kappa shape index (κ3) is 19.2. The van der Waals surface area contributed by atoms with Gasteiger partial charge in [0.05, 0.1) is 29.0 Å². The second-order valence-electron chi connectivity index (χ2n) is 19.3. The standard InChI is InChI=1S/C27H38N2O5.C10H14N2O3S.C7H12NO.C6H13N.Y/c1-27(2,3)34-26(32)28-17-10-18-33-24-20-13-7-8-15-22(20)29-25(31)21(24)14-6-4-5-11-19-12-9-16-23(19)30;1-2-7-5-10(7,11-6-13)9(14)12-16(15)8-3-4-8;8-7(5-9)6-3-1-2-4-6;1-6-4-3-5-7(6)2;/h4,6-8,13,15,19,23,30H,5,9-12,14,16-18H2,1-3H3,(H,28,32)(H,29,31);2,6-8H,1,3-5H2,(H,11,13)(H,12,14);5-8H,1-4H2;6H,3-5H2,1-2H3;/q;;-1;;/b6-4+;;;;/t19?,23-;7-,10-,16?;7-;;/m111../s1. The predicted octanol–water partition coefficient (Wildman–Crippen LogP) is 7.38. The fourth-order valence-corrected chi connectivity index (χ4v) is 9.66. The van der Waals surface area contributed by atoms with Gasteiger partial charge < -0.3 is 45.6 Å². The van der Waals surface area contributed by atoms with Gasteiger partial charge in [-0.05, 0) is 130 Å². The monoisotopic (exact) mass is 1030 g/mol. The van der Waals surface area contributed by atoms with E-state index in [2.05, 4.69) is 51.9 Å². The molecule has 0 spiro atoms. The van der Waals surface area contributed by atoms with Gasteiger partial charge in [0.2, 0.25) is 6.41 Å². The van der Waals surface area contributed by atoms with Crippen LogP contribution in [0.3, 0.4) is 0 Å². The maximum Gasteiger partial charge on any atom is 0.407 e. The summed E-state index contributed by atoms with van der Waals surface area (Å²) < 4.78 is 25.3. The summed E-state index contributed by atoms with van der Waals surface area (Å²) in [6, 6.07) is 8.01. The fraction of sp³-hybridized carbons (Fsp3) is 0.660. The van der Waals surface area contributed by atoms with Gasteiger partial charge in [0.25, 0.3) is 11.5 Å². The van der Waals surface area contributed by atoms with Crippen LogP contribution in [-0.2, 0) is 69.2 Å². The number of rotatable bonds is 18. The first-order valence-corrected chi connectivity index (χ1v) is 25.2. The molecule has 6 N–H and O–H groups in total. The molecule has 1 radical (unpaired) electrons. The number of likely N-dealkylation sites (tertiary alicyclic amines) is 1. The topological polar surface area (TPSA) is 220 Å². The van der Waals surface area contributed by atoms with Gasteiger partial charge in [0.15, 0.2) is 0 Å². The molecule has 371 valence electrons. The second kappa shape index (κ2) is 29.0. The zero-order chi connectivity index (χ0) is 48.3. The van der Waals surface area contributed by atoms with E-state index in [0.29, 0.717) is 62.0 Å². The number of para-hydroxylation sites is 1. The average molecular weight is 1030 g/mol. The maximum absolute atomic E-state index is 12.8. The Morgan fingerprint density at radius 3 is 2.33 bits per heavy atom. The number of carbonyl (C=O) groups excluding carboxylic acids is 4. The third-order valence-corrected chi connectivity index (χ3v) is 14.5. The number of aliphatic hydroxyl groups excluding tert-OH is 1. The number of aliphatic hydroxyl groups is 1. The Balaban J connectivity index is 0.000000293. The number of nitrogens with one attached hydrogen (secondary N) is 5. The number of carbonyl (C=O) groups is 4. The van der Waals surface area contributed by atoms with Gasteiger partial charge in [-0.3, -0.25) is 19.1 Å². The minimum Gasteiger partial charge on any atom is -0.668 e. The molecule has 1 saturated heterocycles. The van der Waals surface area contributed by atoms with Crippen LogP contribution >= 0.6 is 0 Å². The molecule has 2 aromatic rings. The number of allylic oxidation sites excluding steroid dienone is 2. The first kappa shape index (κ1) is 58.0. The first-order chi connectivity index (χ1) is 31.5. The summed E-state index contributed by atoms with van der Waals surface area (Å²) in [6.45, 7) is 13.4. The number of benzene rings is 1. The molecular weight excluding hydrogens is 950 g/mol. The maximum atomic E-state index is 12.8. The van der Waals surface area contributed by atoms with Crippen LogP contribution in [0.15, 0.2) is 53.9 Å². The van der Waals surface area contributed by atoms with Crippen LogP contribution < -0.4 is 25.7 Å². The molecule has 15 nitrogen and oxygen atoms in total. The average Bonchev–Trinajstić information content (AvgIpc) is 4.09.